The van der Waals surface area contributed by atoms with Crippen LogP contribution in [0.1, 0.15) is 12.5 Å². The predicted octanol–water partition coefficient (Wildman–Crippen LogP) is 2.66. The van der Waals surface area contributed by atoms with Gasteiger partial charge in [-0.05, 0) is 41.4 Å². The van der Waals surface area contributed by atoms with Gasteiger partial charge in [-0.25, -0.2) is 13.1 Å². The van der Waals surface area contributed by atoms with Gasteiger partial charge in [-0.3, -0.25) is 0 Å². The molecule has 0 aliphatic heterocycles. The Hall–Kier alpha value is -1.37. The lowest BCUT2D eigenvalue weighted by Gasteiger charge is -2.11. The molecule has 1 aromatic carbocycles. The predicted molar refractivity (Wildman–Crippen MR) is 79.0 cm³/mol. The minimum Gasteiger partial charge on any atom is -0.384 e. The van der Waals surface area contributed by atoms with Gasteiger partial charge in [0, 0.05) is 13.1 Å². The molecule has 0 spiro atoms. The highest BCUT2D eigenvalue weighted by molar-refractivity contribution is 7.89. The summed E-state index contributed by atoms with van der Waals surface area (Å²) in [7, 11) is -3.50. The molecule has 2 aromatic rings. The molecule has 4 nitrogen and oxygen atoms in total. The van der Waals surface area contributed by atoms with Crippen LogP contribution in [0.2, 0.25) is 0 Å². The lowest BCUT2D eigenvalue weighted by atomic mass is 10.3. The maximum absolute atomic E-state index is 12.3. The summed E-state index contributed by atoms with van der Waals surface area (Å²) in [5, 5.41) is 6.91. The molecule has 0 unspecified atom stereocenters. The van der Waals surface area contributed by atoms with Crippen LogP contribution in [0.4, 0.5) is 5.69 Å². The minimum atomic E-state index is -3.50. The van der Waals surface area contributed by atoms with Crippen molar-refractivity contribution in [2.45, 2.75) is 18.4 Å². The van der Waals surface area contributed by atoms with Gasteiger partial charge in [0.1, 0.15) is 4.90 Å². The lowest BCUT2D eigenvalue weighted by molar-refractivity contribution is 0.581. The van der Waals surface area contributed by atoms with E-state index in [0.717, 1.165) is 5.56 Å². The summed E-state index contributed by atoms with van der Waals surface area (Å²) < 4.78 is 27.2. The van der Waals surface area contributed by atoms with Crippen molar-refractivity contribution in [2.24, 2.45) is 0 Å². The first-order valence-corrected chi connectivity index (χ1v) is 8.39. The highest BCUT2D eigenvalue weighted by Crippen LogP contribution is 2.20. The molecule has 0 bridgehead atoms. The Balaban J connectivity index is 2.19. The third kappa shape index (κ3) is 3.56. The maximum atomic E-state index is 12.3. The molecular formula is C13H16N2O2S2. The summed E-state index contributed by atoms with van der Waals surface area (Å²) in [6, 6.07) is 8.82. The van der Waals surface area contributed by atoms with Crippen molar-refractivity contribution in [1.82, 2.24) is 4.72 Å². The molecule has 0 fully saturated rings. The number of para-hydroxylation sites is 1. The largest absolute Gasteiger partial charge is 0.384 e. The molecule has 102 valence electrons. The van der Waals surface area contributed by atoms with Crippen molar-refractivity contribution >= 4 is 27.0 Å². The first-order valence-electron chi connectivity index (χ1n) is 5.97. The number of hydrogen-bond donors (Lipinski definition) is 2. The van der Waals surface area contributed by atoms with Gasteiger partial charge in [0.05, 0.1) is 5.69 Å². The van der Waals surface area contributed by atoms with E-state index in [2.05, 4.69) is 10.0 Å². The molecule has 2 N–H and O–H groups in total. The van der Waals surface area contributed by atoms with Crippen molar-refractivity contribution in [1.29, 1.82) is 0 Å². The molecular weight excluding hydrogens is 280 g/mol. The fraction of sp³-hybridized carbons (Fsp3) is 0.231. The van der Waals surface area contributed by atoms with Crippen molar-refractivity contribution in [2.75, 3.05) is 11.9 Å². The molecule has 0 aliphatic rings. The molecule has 0 amide bonds. The Morgan fingerprint density at radius 1 is 1.21 bits per heavy atom. The summed E-state index contributed by atoms with van der Waals surface area (Å²) in [4.78, 5) is 0.284. The Morgan fingerprint density at radius 2 is 2.00 bits per heavy atom. The maximum Gasteiger partial charge on any atom is 0.242 e. The summed E-state index contributed by atoms with van der Waals surface area (Å²) in [6.07, 6.45) is 0. The van der Waals surface area contributed by atoms with E-state index in [1.165, 1.54) is 0 Å². The SMILES string of the molecule is CCNc1ccccc1S(=O)(=O)NCc1ccsc1. The van der Waals surface area contributed by atoms with Crippen LogP contribution in [0.3, 0.4) is 0 Å². The normalized spacial score (nSPS) is 11.4. The number of thiophene rings is 1. The highest BCUT2D eigenvalue weighted by Gasteiger charge is 2.17. The number of sulfonamides is 1. The summed E-state index contributed by atoms with van der Waals surface area (Å²) in [5.74, 6) is 0. The Kier molecular flexibility index (Phi) is 4.57. The zero-order chi connectivity index (χ0) is 13.7. The molecule has 0 atom stereocenters. The van der Waals surface area contributed by atoms with Gasteiger partial charge in [-0.2, -0.15) is 11.3 Å². The Labute approximate surface area is 117 Å². The first kappa shape index (κ1) is 14.0. The number of anilines is 1. The second kappa shape index (κ2) is 6.18. The molecule has 0 aliphatic carbocycles. The second-order valence-electron chi connectivity index (χ2n) is 3.98. The van der Waals surface area contributed by atoms with Crippen LogP contribution in [0.25, 0.3) is 0 Å². The summed E-state index contributed by atoms with van der Waals surface area (Å²) >= 11 is 1.55. The standard InChI is InChI=1S/C13H16N2O2S2/c1-2-14-12-5-3-4-6-13(12)19(16,17)15-9-11-7-8-18-10-11/h3-8,10,14-15H,2,9H2,1H3. The molecule has 1 aromatic heterocycles. The van der Waals surface area contributed by atoms with Crippen molar-refractivity contribution in [3.05, 3.63) is 46.7 Å². The Morgan fingerprint density at radius 3 is 2.68 bits per heavy atom. The zero-order valence-electron chi connectivity index (χ0n) is 10.6. The number of benzene rings is 1. The topological polar surface area (TPSA) is 58.2 Å². The van der Waals surface area contributed by atoms with E-state index in [9.17, 15) is 8.42 Å². The van der Waals surface area contributed by atoms with Gasteiger partial charge in [0.15, 0.2) is 0 Å². The van der Waals surface area contributed by atoms with Crippen LogP contribution in [-0.4, -0.2) is 15.0 Å². The lowest BCUT2D eigenvalue weighted by Crippen LogP contribution is -2.24. The van der Waals surface area contributed by atoms with Crippen LogP contribution in [-0.2, 0) is 16.6 Å². The van der Waals surface area contributed by atoms with Crippen molar-refractivity contribution < 1.29 is 8.42 Å². The van der Waals surface area contributed by atoms with Gasteiger partial charge in [0.2, 0.25) is 10.0 Å². The van der Waals surface area contributed by atoms with Gasteiger partial charge in [0.25, 0.3) is 0 Å². The molecule has 19 heavy (non-hydrogen) atoms. The average molecular weight is 296 g/mol. The van der Waals surface area contributed by atoms with Crippen molar-refractivity contribution in [3.63, 3.8) is 0 Å². The van der Waals surface area contributed by atoms with Crippen molar-refractivity contribution in [3.8, 4) is 0 Å². The average Bonchev–Trinajstić information content (AvgIpc) is 2.91. The van der Waals surface area contributed by atoms with Crippen LogP contribution < -0.4 is 10.0 Å². The Bertz CT molecular complexity index is 622. The zero-order valence-corrected chi connectivity index (χ0v) is 12.2. The van der Waals surface area contributed by atoms with Crippen LogP contribution in [0.15, 0.2) is 46.0 Å². The molecule has 0 saturated carbocycles. The number of nitrogens with one attached hydrogen (secondary N) is 2. The van der Waals surface area contributed by atoms with Crippen LogP contribution in [0, 0.1) is 0 Å². The van der Waals surface area contributed by atoms with Crippen LogP contribution >= 0.6 is 11.3 Å². The smallest absolute Gasteiger partial charge is 0.242 e. The van der Waals surface area contributed by atoms with E-state index in [0.29, 0.717) is 18.8 Å². The molecule has 2 rings (SSSR count). The third-order valence-corrected chi connectivity index (χ3v) is 4.78. The second-order valence-corrected chi connectivity index (χ2v) is 6.50. The fourth-order valence-electron chi connectivity index (χ4n) is 1.69. The van der Waals surface area contributed by atoms with E-state index in [1.54, 1.807) is 29.5 Å². The van der Waals surface area contributed by atoms with Gasteiger partial charge >= 0.3 is 0 Å². The van der Waals surface area contributed by atoms with E-state index in [1.807, 2.05) is 29.8 Å². The number of rotatable bonds is 6. The molecule has 0 saturated heterocycles. The number of hydrogen-bond acceptors (Lipinski definition) is 4. The van der Waals surface area contributed by atoms with E-state index < -0.39 is 10.0 Å². The van der Waals surface area contributed by atoms with E-state index >= 15 is 0 Å². The minimum absolute atomic E-state index is 0.284. The third-order valence-electron chi connectivity index (χ3n) is 2.59. The summed E-state index contributed by atoms with van der Waals surface area (Å²) in [6.45, 7) is 2.92. The van der Waals surface area contributed by atoms with Gasteiger partial charge in [-0.1, -0.05) is 12.1 Å². The van der Waals surface area contributed by atoms with E-state index in [4.69, 9.17) is 0 Å². The quantitative estimate of drug-likeness (QED) is 0.861. The van der Waals surface area contributed by atoms with Crippen LogP contribution in [0.5, 0.6) is 0 Å². The van der Waals surface area contributed by atoms with Gasteiger partial charge < -0.3 is 5.32 Å². The molecule has 1 heterocycles. The monoisotopic (exact) mass is 296 g/mol. The fourth-order valence-corrected chi connectivity index (χ4v) is 3.56. The molecule has 0 radical (unpaired) electrons. The molecule has 6 heteroatoms. The first-order chi connectivity index (χ1) is 9.13. The summed E-state index contributed by atoms with van der Waals surface area (Å²) in [5.41, 5.74) is 1.59. The van der Waals surface area contributed by atoms with E-state index in [-0.39, 0.29) is 4.90 Å². The highest BCUT2D eigenvalue weighted by atomic mass is 32.2. The van der Waals surface area contributed by atoms with Gasteiger partial charge in [-0.15, -0.1) is 0 Å².